The molecule has 9 nitrogen and oxygen atoms in total. The van der Waals surface area contributed by atoms with Crippen molar-refractivity contribution >= 4 is 29.6 Å². The van der Waals surface area contributed by atoms with Crippen molar-refractivity contribution < 1.29 is 28.7 Å². The molecule has 0 aliphatic heterocycles. The summed E-state index contributed by atoms with van der Waals surface area (Å²) in [5, 5.41) is 5.07. The SMILES string of the molecule is C1CCCCC1.CCC(N)=O.COC(=O)CCc1ccc(NC(=O)CNC(=O)OCc2ccccc2)cc1. The molecule has 1 saturated carbocycles. The van der Waals surface area contributed by atoms with Crippen LogP contribution in [0.15, 0.2) is 54.6 Å². The summed E-state index contributed by atoms with van der Waals surface area (Å²) in [6.45, 7) is 1.67. The van der Waals surface area contributed by atoms with Crippen LogP contribution in [0, 0.1) is 0 Å². The summed E-state index contributed by atoms with van der Waals surface area (Å²) in [4.78, 5) is 44.2. The van der Waals surface area contributed by atoms with Gasteiger partial charge in [-0.05, 0) is 29.7 Å². The van der Waals surface area contributed by atoms with Crippen LogP contribution < -0.4 is 16.4 Å². The number of rotatable bonds is 9. The van der Waals surface area contributed by atoms with E-state index in [9.17, 15) is 19.2 Å². The number of methoxy groups -OCH3 is 1. The first kappa shape index (κ1) is 32.1. The zero-order valence-electron chi connectivity index (χ0n) is 22.5. The van der Waals surface area contributed by atoms with Crippen LogP contribution in [0.25, 0.3) is 0 Å². The molecule has 3 amide bonds. The summed E-state index contributed by atoms with van der Waals surface area (Å²) in [7, 11) is 1.35. The number of amides is 3. The molecule has 3 rings (SSSR count). The minimum atomic E-state index is -0.660. The Hall–Kier alpha value is -3.88. The number of nitrogens with one attached hydrogen (secondary N) is 2. The average Bonchev–Trinajstić information content (AvgIpc) is 2.96. The summed E-state index contributed by atoms with van der Waals surface area (Å²) in [6, 6.07) is 16.4. The van der Waals surface area contributed by atoms with Gasteiger partial charge < -0.3 is 25.8 Å². The van der Waals surface area contributed by atoms with Crippen LogP contribution in [0.4, 0.5) is 10.5 Å². The standard InChI is InChI=1S/C20H22N2O5.C6H12.C3H7NO/c1-26-19(24)12-9-15-7-10-17(11-8-15)22-18(23)13-21-20(25)27-14-16-5-3-2-4-6-16;1-2-4-6-5-3-1;1-2-3(4)5/h2-8,10-11H,9,12-14H2,1H3,(H,21,25)(H,22,23);1-6H2;2H2,1H3,(H2,4,5). The predicted molar refractivity (Wildman–Crippen MR) is 147 cm³/mol. The minimum Gasteiger partial charge on any atom is -0.469 e. The Morgan fingerprint density at radius 2 is 1.39 bits per heavy atom. The highest BCUT2D eigenvalue weighted by Gasteiger charge is 2.08. The zero-order chi connectivity index (χ0) is 28.0. The van der Waals surface area contributed by atoms with Crippen molar-refractivity contribution in [3.05, 3.63) is 65.7 Å². The number of aryl methyl sites for hydroxylation is 1. The summed E-state index contributed by atoms with van der Waals surface area (Å²) in [6.07, 6.45) is 9.65. The fourth-order valence-electron chi connectivity index (χ4n) is 3.30. The molecule has 1 fully saturated rings. The molecule has 4 N–H and O–H groups in total. The Morgan fingerprint density at radius 1 is 0.842 bits per heavy atom. The van der Waals surface area contributed by atoms with Gasteiger partial charge in [0.25, 0.3) is 0 Å². The molecule has 0 spiro atoms. The Bertz CT molecular complexity index is 949. The Morgan fingerprint density at radius 3 is 1.89 bits per heavy atom. The first-order chi connectivity index (χ1) is 18.3. The number of benzene rings is 2. The van der Waals surface area contributed by atoms with Gasteiger partial charge in [0.15, 0.2) is 0 Å². The maximum atomic E-state index is 11.9. The van der Waals surface area contributed by atoms with Crippen LogP contribution in [0.3, 0.4) is 0 Å². The fraction of sp³-hybridized carbons (Fsp3) is 0.448. The molecule has 0 aromatic heterocycles. The number of ether oxygens (including phenoxy) is 2. The fourth-order valence-corrected chi connectivity index (χ4v) is 3.30. The van der Waals surface area contributed by atoms with E-state index in [0.717, 1.165) is 11.1 Å². The number of carbonyl (C=O) groups excluding carboxylic acids is 4. The molecule has 0 saturated heterocycles. The molecule has 2 aromatic carbocycles. The van der Waals surface area contributed by atoms with E-state index >= 15 is 0 Å². The van der Waals surface area contributed by atoms with Crippen LogP contribution >= 0.6 is 0 Å². The third kappa shape index (κ3) is 16.7. The molecule has 9 heteroatoms. The van der Waals surface area contributed by atoms with Crippen molar-refractivity contribution in [2.75, 3.05) is 19.0 Å². The van der Waals surface area contributed by atoms with E-state index in [1.807, 2.05) is 42.5 Å². The smallest absolute Gasteiger partial charge is 0.407 e. The average molecular weight is 528 g/mol. The third-order valence-electron chi connectivity index (χ3n) is 5.54. The van der Waals surface area contributed by atoms with Crippen LogP contribution in [-0.4, -0.2) is 37.5 Å². The largest absolute Gasteiger partial charge is 0.469 e. The van der Waals surface area contributed by atoms with Gasteiger partial charge in [0.05, 0.1) is 7.11 Å². The Labute approximate surface area is 225 Å². The number of nitrogens with two attached hydrogens (primary N) is 1. The lowest BCUT2D eigenvalue weighted by Gasteiger charge is -2.09. The monoisotopic (exact) mass is 527 g/mol. The number of alkyl carbamates (subject to hydrolysis) is 1. The molecular formula is C29H41N3O6. The second-order valence-corrected chi connectivity index (χ2v) is 8.68. The molecule has 0 atom stereocenters. The zero-order valence-corrected chi connectivity index (χ0v) is 22.5. The van der Waals surface area contributed by atoms with Gasteiger partial charge in [-0.25, -0.2) is 4.79 Å². The second kappa shape index (κ2) is 20.2. The summed E-state index contributed by atoms with van der Waals surface area (Å²) < 4.78 is 9.63. The number of esters is 1. The predicted octanol–water partition coefficient (Wildman–Crippen LogP) is 4.88. The Kier molecular flexibility index (Phi) is 17.1. The highest BCUT2D eigenvalue weighted by atomic mass is 16.5. The van der Waals surface area contributed by atoms with Crippen molar-refractivity contribution in [1.82, 2.24) is 5.32 Å². The maximum absolute atomic E-state index is 11.9. The third-order valence-corrected chi connectivity index (χ3v) is 5.54. The highest BCUT2D eigenvalue weighted by Crippen LogP contribution is 2.15. The molecule has 0 unspecified atom stereocenters. The van der Waals surface area contributed by atoms with Gasteiger partial charge in [0.2, 0.25) is 11.8 Å². The van der Waals surface area contributed by atoms with Gasteiger partial charge in [0.1, 0.15) is 13.2 Å². The van der Waals surface area contributed by atoms with Gasteiger partial charge in [-0.15, -0.1) is 0 Å². The van der Waals surface area contributed by atoms with Crippen molar-refractivity contribution in [3.63, 3.8) is 0 Å². The lowest BCUT2D eigenvalue weighted by Crippen LogP contribution is -2.33. The molecule has 38 heavy (non-hydrogen) atoms. The van der Waals surface area contributed by atoms with Gasteiger partial charge in [0, 0.05) is 18.5 Å². The van der Waals surface area contributed by atoms with Crippen molar-refractivity contribution in [1.29, 1.82) is 0 Å². The topological polar surface area (TPSA) is 137 Å². The van der Waals surface area contributed by atoms with Gasteiger partial charge in [-0.1, -0.05) is 87.9 Å². The number of carbonyl (C=O) groups is 4. The van der Waals surface area contributed by atoms with E-state index in [2.05, 4.69) is 21.1 Å². The molecule has 0 bridgehead atoms. The molecule has 0 heterocycles. The summed E-state index contributed by atoms with van der Waals surface area (Å²) >= 11 is 0. The molecule has 1 aliphatic carbocycles. The number of hydrogen-bond donors (Lipinski definition) is 3. The van der Waals surface area contributed by atoms with Gasteiger partial charge in [-0.3, -0.25) is 14.4 Å². The van der Waals surface area contributed by atoms with Gasteiger partial charge >= 0.3 is 12.1 Å². The number of hydrogen-bond acceptors (Lipinski definition) is 6. The van der Waals surface area contributed by atoms with Gasteiger partial charge in [-0.2, -0.15) is 0 Å². The summed E-state index contributed by atoms with van der Waals surface area (Å²) in [5.74, 6) is -0.878. The molecule has 2 aromatic rings. The van der Waals surface area contributed by atoms with E-state index in [4.69, 9.17) is 4.74 Å². The lowest BCUT2D eigenvalue weighted by molar-refractivity contribution is -0.140. The quantitative estimate of drug-likeness (QED) is 0.398. The van der Waals surface area contributed by atoms with Crippen molar-refractivity contribution in [3.8, 4) is 0 Å². The Balaban J connectivity index is 0.000000542. The first-order valence-corrected chi connectivity index (χ1v) is 13.0. The maximum Gasteiger partial charge on any atom is 0.407 e. The van der Waals surface area contributed by atoms with Crippen LogP contribution in [0.5, 0.6) is 0 Å². The van der Waals surface area contributed by atoms with E-state index in [0.29, 0.717) is 24.9 Å². The molecule has 208 valence electrons. The van der Waals surface area contributed by atoms with Crippen LogP contribution in [-0.2, 0) is 36.9 Å². The lowest BCUT2D eigenvalue weighted by atomic mass is 10.0. The van der Waals surface area contributed by atoms with Crippen molar-refractivity contribution in [2.24, 2.45) is 5.73 Å². The van der Waals surface area contributed by atoms with E-state index in [-0.39, 0.29) is 30.9 Å². The van der Waals surface area contributed by atoms with Crippen molar-refractivity contribution in [2.45, 2.75) is 71.3 Å². The molecular weight excluding hydrogens is 486 g/mol. The molecule has 1 aliphatic rings. The normalized spacial score (nSPS) is 11.8. The van der Waals surface area contributed by atoms with Crippen LogP contribution in [0.1, 0.15) is 69.4 Å². The number of primary amides is 1. The number of anilines is 1. The highest BCUT2D eigenvalue weighted by molar-refractivity contribution is 5.93. The summed E-state index contributed by atoms with van der Waals surface area (Å²) in [5.41, 5.74) is 7.08. The van der Waals surface area contributed by atoms with E-state index < -0.39 is 6.09 Å². The second-order valence-electron chi connectivity index (χ2n) is 8.68. The van der Waals surface area contributed by atoms with E-state index in [1.54, 1.807) is 19.1 Å². The minimum absolute atomic E-state index is 0.140. The van der Waals surface area contributed by atoms with Crippen LogP contribution in [0.2, 0.25) is 0 Å². The first-order valence-electron chi connectivity index (χ1n) is 13.0. The van der Waals surface area contributed by atoms with E-state index in [1.165, 1.54) is 45.6 Å². The molecule has 0 radical (unpaired) electrons.